The van der Waals surface area contributed by atoms with Gasteiger partial charge in [-0.1, -0.05) is 71.1 Å². The van der Waals surface area contributed by atoms with Gasteiger partial charge in [-0.15, -0.1) is 0 Å². The molecule has 0 fully saturated rings. The molecule has 1 atom stereocenters. The lowest BCUT2D eigenvalue weighted by atomic mass is 9.98. The summed E-state index contributed by atoms with van der Waals surface area (Å²) >= 11 is 2.24. The lowest BCUT2D eigenvalue weighted by Crippen LogP contribution is -2.42. The van der Waals surface area contributed by atoms with Crippen LogP contribution in [-0.2, 0) is 14.3 Å². The van der Waals surface area contributed by atoms with E-state index in [2.05, 4.69) is 52.2 Å². The van der Waals surface area contributed by atoms with E-state index in [4.69, 9.17) is 9.47 Å². The van der Waals surface area contributed by atoms with E-state index in [1.807, 2.05) is 24.3 Å². The molecule has 1 aliphatic carbocycles. The van der Waals surface area contributed by atoms with Crippen LogP contribution in [-0.4, -0.2) is 36.2 Å². The van der Waals surface area contributed by atoms with Crippen molar-refractivity contribution >= 4 is 34.7 Å². The zero-order valence-corrected chi connectivity index (χ0v) is 17.3. The van der Waals surface area contributed by atoms with Crippen LogP contribution in [0.15, 0.2) is 48.5 Å². The maximum atomic E-state index is 12.3. The first-order chi connectivity index (χ1) is 13.2. The molecule has 0 radical (unpaired) electrons. The Labute approximate surface area is 172 Å². The van der Waals surface area contributed by atoms with Crippen LogP contribution >= 0.6 is 22.6 Å². The molecule has 5 nitrogen and oxygen atoms in total. The van der Waals surface area contributed by atoms with Gasteiger partial charge in [0.15, 0.2) is 0 Å². The summed E-state index contributed by atoms with van der Waals surface area (Å²) < 4.78 is 11.2. The number of methoxy groups -OCH3 is 1. The summed E-state index contributed by atoms with van der Waals surface area (Å²) in [5, 5.41) is 2.64. The summed E-state index contributed by atoms with van der Waals surface area (Å²) in [5.41, 5.74) is 4.66. The molecule has 0 aromatic heterocycles. The van der Waals surface area contributed by atoms with Crippen molar-refractivity contribution in [2.45, 2.75) is 24.8 Å². The first kappa shape index (κ1) is 19.7. The average molecular weight is 479 g/mol. The first-order valence-corrected chi connectivity index (χ1v) is 10.4. The number of ether oxygens (including phenoxy) is 2. The Morgan fingerprint density at radius 1 is 1.07 bits per heavy atom. The number of amides is 1. The first-order valence-electron chi connectivity index (χ1n) is 8.91. The number of carbonyl (C=O) groups is 2. The molecule has 2 aromatic carbocycles. The lowest BCUT2D eigenvalue weighted by Gasteiger charge is -2.18. The Morgan fingerprint density at radius 2 is 1.67 bits per heavy atom. The van der Waals surface area contributed by atoms with Gasteiger partial charge in [0.25, 0.3) is 0 Å². The molecule has 1 N–H and O–H groups in total. The zero-order valence-electron chi connectivity index (χ0n) is 15.1. The summed E-state index contributed by atoms with van der Waals surface area (Å²) in [6.07, 6.45) is 0.741. The topological polar surface area (TPSA) is 64.6 Å². The number of benzene rings is 2. The van der Waals surface area contributed by atoms with Crippen LogP contribution < -0.4 is 5.32 Å². The van der Waals surface area contributed by atoms with Gasteiger partial charge in [0.2, 0.25) is 0 Å². The number of alkyl halides is 1. The number of esters is 1. The minimum atomic E-state index is -0.680. The highest BCUT2D eigenvalue weighted by Crippen LogP contribution is 2.44. The quantitative estimate of drug-likeness (QED) is 0.366. The molecule has 6 heteroatoms. The Morgan fingerprint density at radius 3 is 2.22 bits per heavy atom. The highest BCUT2D eigenvalue weighted by atomic mass is 127. The molecule has 142 valence electrons. The standard InChI is InChI=1S/C21H22INO4/c1-26-20(24)19(11-6-12-22)23-21(25)27-13-18-16-9-4-2-7-14(16)15-8-3-5-10-17(15)18/h2-5,7-10,18-19H,6,11-13H2,1H3,(H,23,25)/t19-/m1/s1. The van der Waals surface area contributed by atoms with Gasteiger partial charge in [-0.2, -0.15) is 0 Å². The summed E-state index contributed by atoms with van der Waals surface area (Å²) in [6, 6.07) is 15.7. The van der Waals surface area contributed by atoms with E-state index in [1.165, 1.54) is 18.2 Å². The zero-order chi connectivity index (χ0) is 19.2. The minimum Gasteiger partial charge on any atom is -0.467 e. The molecule has 0 spiro atoms. The van der Waals surface area contributed by atoms with Crippen molar-refractivity contribution in [2.75, 3.05) is 18.1 Å². The molecule has 1 amide bonds. The van der Waals surface area contributed by atoms with Crippen LogP contribution in [0.3, 0.4) is 0 Å². The van der Waals surface area contributed by atoms with Gasteiger partial charge in [0.1, 0.15) is 12.6 Å². The smallest absolute Gasteiger partial charge is 0.407 e. The van der Waals surface area contributed by atoms with Crippen LogP contribution in [0.25, 0.3) is 11.1 Å². The Balaban J connectivity index is 1.67. The fourth-order valence-corrected chi connectivity index (χ4v) is 3.90. The maximum Gasteiger partial charge on any atom is 0.407 e. The molecule has 0 saturated carbocycles. The Hall–Kier alpha value is -2.09. The van der Waals surface area contributed by atoms with Gasteiger partial charge in [-0.3, -0.25) is 0 Å². The van der Waals surface area contributed by atoms with Crippen LogP contribution in [0, 0.1) is 0 Å². The Bertz CT molecular complexity index is 778. The summed E-state index contributed by atoms with van der Waals surface area (Å²) in [7, 11) is 1.32. The highest BCUT2D eigenvalue weighted by Gasteiger charge is 2.29. The predicted molar refractivity (Wildman–Crippen MR) is 112 cm³/mol. The lowest BCUT2D eigenvalue weighted by molar-refractivity contribution is -0.143. The highest BCUT2D eigenvalue weighted by molar-refractivity contribution is 14.1. The molecule has 27 heavy (non-hydrogen) atoms. The number of carbonyl (C=O) groups excluding carboxylic acids is 2. The van der Waals surface area contributed by atoms with Crippen molar-refractivity contribution in [3.8, 4) is 11.1 Å². The van der Waals surface area contributed by atoms with Gasteiger partial charge in [-0.05, 0) is 39.5 Å². The second-order valence-electron chi connectivity index (χ2n) is 6.38. The van der Waals surface area contributed by atoms with E-state index in [-0.39, 0.29) is 12.5 Å². The molecular weight excluding hydrogens is 457 g/mol. The minimum absolute atomic E-state index is 0.00549. The number of alkyl carbamates (subject to hydrolysis) is 1. The summed E-state index contributed by atoms with van der Waals surface area (Å²) in [6.45, 7) is 0.222. The molecule has 0 aliphatic heterocycles. The number of fused-ring (bicyclic) bond motifs is 3. The second-order valence-corrected chi connectivity index (χ2v) is 7.46. The number of nitrogens with one attached hydrogen (secondary N) is 1. The maximum absolute atomic E-state index is 12.3. The van der Waals surface area contributed by atoms with Crippen LogP contribution in [0.4, 0.5) is 4.79 Å². The van der Waals surface area contributed by atoms with Crippen molar-refractivity contribution in [2.24, 2.45) is 0 Å². The Kier molecular flexibility index (Phi) is 6.71. The number of hydrogen-bond acceptors (Lipinski definition) is 4. The molecule has 1 aliphatic rings. The van der Waals surface area contributed by atoms with E-state index in [0.717, 1.165) is 22.0 Å². The van der Waals surface area contributed by atoms with Crippen LogP contribution in [0.1, 0.15) is 29.9 Å². The van der Waals surface area contributed by atoms with Crippen molar-refractivity contribution in [3.05, 3.63) is 59.7 Å². The number of rotatable bonds is 7. The van der Waals surface area contributed by atoms with Crippen molar-refractivity contribution in [1.29, 1.82) is 0 Å². The number of halogens is 1. The van der Waals surface area contributed by atoms with E-state index in [1.54, 1.807) is 0 Å². The van der Waals surface area contributed by atoms with Gasteiger partial charge in [0, 0.05) is 5.92 Å². The normalized spacial score (nSPS) is 13.4. The molecule has 0 unspecified atom stereocenters. The van der Waals surface area contributed by atoms with Crippen molar-refractivity contribution in [3.63, 3.8) is 0 Å². The monoisotopic (exact) mass is 479 g/mol. The van der Waals surface area contributed by atoms with Gasteiger partial charge in [0.05, 0.1) is 7.11 Å². The third-order valence-corrected chi connectivity index (χ3v) is 5.51. The molecule has 0 heterocycles. The number of hydrogen-bond donors (Lipinski definition) is 1. The molecule has 0 bridgehead atoms. The summed E-state index contributed by atoms with van der Waals surface area (Å²) in [4.78, 5) is 24.1. The van der Waals surface area contributed by atoms with Gasteiger partial charge in [-0.25, -0.2) is 9.59 Å². The fourth-order valence-electron chi connectivity index (χ4n) is 3.45. The van der Waals surface area contributed by atoms with Gasteiger partial charge < -0.3 is 14.8 Å². The third-order valence-electron chi connectivity index (χ3n) is 4.75. The SMILES string of the molecule is COC(=O)[C@@H](CCCI)NC(=O)OCC1c2ccccc2-c2ccccc21. The van der Waals surface area contributed by atoms with Crippen LogP contribution in [0.2, 0.25) is 0 Å². The fraction of sp³-hybridized carbons (Fsp3) is 0.333. The van der Waals surface area contributed by atoms with Crippen LogP contribution in [0.5, 0.6) is 0 Å². The van der Waals surface area contributed by atoms with E-state index < -0.39 is 18.1 Å². The molecule has 0 saturated heterocycles. The second kappa shape index (κ2) is 9.21. The largest absolute Gasteiger partial charge is 0.467 e. The van der Waals surface area contributed by atoms with E-state index >= 15 is 0 Å². The van der Waals surface area contributed by atoms with E-state index in [0.29, 0.717) is 6.42 Å². The average Bonchev–Trinajstić information content (AvgIpc) is 3.03. The van der Waals surface area contributed by atoms with Crippen molar-refractivity contribution < 1.29 is 19.1 Å². The molecular formula is C21H22INO4. The predicted octanol–water partition coefficient (Wildman–Crippen LogP) is 4.28. The van der Waals surface area contributed by atoms with E-state index in [9.17, 15) is 9.59 Å². The summed E-state index contributed by atoms with van der Waals surface area (Å²) in [5.74, 6) is -0.456. The van der Waals surface area contributed by atoms with Crippen molar-refractivity contribution in [1.82, 2.24) is 5.32 Å². The molecule has 2 aromatic rings. The van der Waals surface area contributed by atoms with Gasteiger partial charge >= 0.3 is 12.1 Å². The molecule has 3 rings (SSSR count). The third kappa shape index (κ3) is 4.43.